The van der Waals surface area contributed by atoms with Gasteiger partial charge in [0.05, 0.1) is 5.60 Å². The third kappa shape index (κ3) is 8.56. The van der Waals surface area contributed by atoms with Crippen LogP contribution in [-0.2, 0) is 5.60 Å². The second kappa shape index (κ2) is 13.4. The monoisotopic (exact) mass is 527 g/mol. The summed E-state index contributed by atoms with van der Waals surface area (Å²) in [5.41, 5.74) is -0.700. The number of aliphatic hydroxyl groups is 1. The molecule has 1 saturated heterocycles. The molecule has 36 heavy (non-hydrogen) atoms. The number of nitrogens with one attached hydrogen (secondary N) is 2. The van der Waals surface area contributed by atoms with E-state index in [1.54, 1.807) is 23.1 Å². The molecular weight excluding hydrogens is 484 g/mol. The van der Waals surface area contributed by atoms with E-state index in [9.17, 15) is 18.7 Å². The van der Waals surface area contributed by atoms with Crippen LogP contribution < -0.4 is 10.6 Å². The molecule has 1 aliphatic heterocycles. The first-order valence-electron chi connectivity index (χ1n) is 13.7. The molecule has 0 bridgehead atoms. The van der Waals surface area contributed by atoms with Gasteiger partial charge < -0.3 is 20.6 Å². The molecular formula is C28H44ClF2N3O2. The van der Waals surface area contributed by atoms with Gasteiger partial charge in [0.25, 0.3) is 0 Å². The number of hydrogen-bond acceptors (Lipinski definition) is 3. The lowest BCUT2D eigenvalue weighted by Crippen LogP contribution is -2.54. The predicted octanol–water partition coefficient (Wildman–Crippen LogP) is 6.33. The summed E-state index contributed by atoms with van der Waals surface area (Å²) in [5.74, 6) is -2.40. The van der Waals surface area contributed by atoms with E-state index >= 15 is 0 Å². The number of rotatable bonds is 11. The van der Waals surface area contributed by atoms with Gasteiger partial charge >= 0.3 is 6.03 Å². The highest BCUT2D eigenvalue weighted by atomic mass is 35.5. The van der Waals surface area contributed by atoms with Crippen molar-refractivity contribution in [3.8, 4) is 0 Å². The van der Waals surface area contributed by atoms with Crippen LogP contribution >= 0.6 is 11.6 Å². The molecule has 3 unspecified atom stereocenters. The van der Waals surface area contributed by atoms with Crippen molar-refractivity contribution >= 4 is 17.6 Å². The van der Waals surface area contributed by atoms with Crippen LogP contribution in [0.5, 0.6) is 0 Å². The van der Waals surface area contributed by atoms with E-state index in [4.69, 9.17) is 11.6 Å². The molecule has 1 heterocycles. The number of piperidine rings is 1. The minimum atomic E-state index is -2.78. The van der Waals surface area contributed by atoms with E-state index in [-0.39, 0.29) is 37.3 Å². The van der Waals surface area contributed by atoms with Crippen molar-refractivity contribution in [3.05, 3.63) is 34.9 Å². The van der Waals surface area contributed by atoms with E-state index in [0.29, 0.717) is 29.6 Å². The third-order valence-electron chi connectivity index (χ3n) is 8.00. The Labute approximate surface area is 220 Å². The van der Waals surface area contributed by atoms with Gasteiger partial charge in [-0.1, -0.05) is 55.8 Å². The van der Waals surface area contributed by atoms with Crippen molar-refractivity contribution in [2.75, 3.05) is 26.7 Å². The molecule has 5 nitrogen and oxygen atoms in total. The summed E-state index contributed by atoms with van der Waals surface area (Å²) in [6.07, 6.45) is 8.83. The summed E-state index contributed by atoms with van der Waals surface area (Å²) in [5, 5.41) is 18.9. The van der Waals surface area contributed by atoms with Crippen molar-refractivity contribution in [2.45, 2.75) is 95.1 Å². The van der Waals surface area contributed by atoms with Gasteiger partial charge in [0, 0.05) is 43.0 Å². The van der Waals surface area contributed by atoms with Crippen LogP contribution in [0.25, 0.3) is 0 Å². The summed E-state index contributed by atoms with van der Waals surface area (Å²) in [7, 11) is 1.90. The summed E-state index contributed by atoms with van der Waals surface area (Å²) < 4.78 is 27.1. The lowest BCUT2D eigenvalue weighted by molar-refractivity contribution is -0.0628. The minimum Gasteiger partial charge on any atom is -0.385 e. The van der Waals surface area contributed by atoms with E-state index in [2.05, 4.69) is 10.6 Å². The zero-order chi connectivity index (χ0) is 26.2. The molecule has 1 aromatic carbocycles. The molecule has 204 valence electrons. The highest BCUT2D eigenvalue weighted by molar-refractivity contribution is 6.30. The Kier molecular flexibility index (Phi) is 10.8. The Morgan fingerprint density at radius 2 is 1.94 bits per heavy atom. The van der Waals surface area contributed by atoms with Crippen LogP contribution in [-0.4, -0.2) is 54.7 Å². The SMILES string of the molecule is CNCC(CC1CCCCC1)NC(=O)N1CCCC(C(O)(CCCC(C)(F)F)c2cccc(Cl)c2)C1. The molecule has 2 aliphatic rings. The van der Waals surface area contributed by atoms with Gasteiger partial charge in [-0.3, -0.25) is 0 Å². The van der Waals surface area contributed by atoms with Gasteiger partial charge in [-0.25, -0.2) is 13.6 Å². The second-order valence-corrected chi connectivity index (χ2v) is 11.5. The van der Waals surface area contributed by atoms with Crippen LogP contribution in [0.2, 0.25) is 5.02 Å². The van der Waals surface area contributed by atoms with E-state index in [1.807, 2.05) is 13.1 Å². The third-order valence-corrected chi connectivity index (χ3v) is 8.24. The summed E-state index contributed by atoms with van der Waals surface area (Å²) in [6, 6.07) is 6.99. The molecule has 8 heteroatoms. The Morgan fingerprint density at radius 1 is 1.19 bits per heavy atom. The van der Waals surface area contributed by atoms with Gasteiger partial charge in [0.1, 0.15) is 0 Å². The Bertz CT molecular complexity index is 831. The van der Waals surface area contributed by atoms with Crippen molar-refractivity contribution in [1.29, 1.82) is 0 Å². The van der Waals surface area contributed by atoms with Crippen LogP contribution in [0.15, 0.2) is 24.3 Å². The number of hydrogen-bond donors (Lipinski definition) is 3. The lowest BCUT2D eigenvalue weighted by atomic mass is 9.74. The number of nitrogens with zero attached hydrogens (tertiary/aromatic N) is 1. The molecule has 3 atom stereocenters. The number of likely N-dealkylation sites (tertiary alicyclic amines) is 1. The maximum Gasteiger partial charge on any atom is 0.317 e. The van der Waals surface area contributed by atoms with Crippen molar-refractivity contribution < 1.29 is 18.7 Å². The highest BCUT2D eigenvalue weighted by Crippen LogP contribution is 2.41. The fourth-order valence-electron chi connectivity index (χ4n) is 6.09. The van der Waals surface area contributed by atoms with Crippen LogP contribution in [0.1, 0.15) is 83.1 Å². The average Bonchev–Trinajstić information content (AvgIpc) is 2.84. The van der Waals surface area contributed by atoms with Gasteiger partial charge in [-0.05, 0) is 69.7 Å². The van der Waals surface area contributed by atoms with Crippen molar-refractivity contribution in [1.82, 2.24) is 15.5 Å². The molecule has 0 aromatic heterocycles. The topological polar surface area (TPSA) is 64.6 Å². The normalized spacial score (nSPS) is 22.2. The van der Waals surface area contributed by atoms with Gasteiger partial charge in [0.15, 0.2) is 0 Å². The van der Waals surface area contributed by atoms with E-state index in [1.165, 1.54) is 32.1 Å². The average molecular weight is 528 g/mol. The highest BCUT2D eigenvalue weighted by Gasteiger charge is 2.42. The number of likely N-dealkylation sites (N-methyl/N-ethyl adjacent to an activating group) is 1. The first kappa shape index (κ1) is 29.1. The Hall–Kier alpha value is -1.44. The van der Waals surface area contributed by atoms with Crippen LogP contribution in [0.3, 0.4) is 0 Å². The molecule has 1 aromatic rings. The quantitative estimate of drug-likeness (QED) is 0.315. The number of halogens is 3. The zero-order valence-corrected chi connectivity index (χ0v) is 22.6. The molecule has 0 spiro atoms. The molecule has 0 radical (unpaired) electrons. The largest absolute Gasteiger partial charge is 0.385 e. The Balaban J connectivity index is 1.70. The number of alkyl halides is 2. The zero-order valence-electron chi connectivity index (χ0n) is 21.9. The maximum absolute atomic E-state index is 13.6. The maximum atomic E-state index is 13.6. The smallest absolute Gasteiger partial charge is 0.317 e. The summed E-state index contributed by atoms with van der Waals surface area (Å²) >= 11 is 6.23. The van der Waals surface area contributed by atoms with Crippen molar-refractivity contribution in [2.24, 2.45) is 11.8 Å². The van der Waals surface area contributed by atoms with Crippen LogP contribution in [0, 0.1) is 11.8 Å². The standard InChI is InChI=1S/C28H44ClF2N3O2/c1-27(30,31)14-8-15-28(36,22-11-6-13-24(29)18-22)23-12-7-16-34(20-23)26(35)33-25(19-32-2)17-21-9-4-3-5-10-21/h6,11,13,18,21,23,25,32,36H,3-5,7-10,12,14-17,19-20H2,1-2H3,(H,33,35). The minimum absolute atomic E-state index is 0.0598. The fourth-order valence-corrected chi connectivity index (χ4v) is 6.28. The van der Waals surface area contributed by atoms with Gasteiger partial charge in [0.2, 0.25) is 5.92 Å². The first-order chi connectivity index (χ1) is 17.1. The molecule has 2 amide bonds. The van der Waals surface area contributed by atoms with E-state index in [0.717, 1.165) is 32.7 Å². The summed E-state index contributed by atoms with van der Waals surface area (Å²) in [6.45, 7) is 2.63. The molecule has 3 N–H and O–H groups in total. The van der Waals surface area contributed by atoms with E-state index < -0.39 is 11.5 Å². The fraction of sp³-hybridized carbons (Fsp3) is 0.750. The lowest BCUT2D eigenvalue weighted by Gasteiger charge is -2.43. The van der Waals surface area contributed by atoms with Crippen molar-refractivity contribution in [3.63, 3.8) is 0 Å². The number of carbonyl (C=O) groups excluding carboxylic acids is 1. The molecule has 1 aliphatic carbocycles. The van der Waals surface area contributed by atoms with Gasteiger partial charge in [-0.15, -0.1) is 0 Å². The van der Waals surface area contributed by atoms with Gasteiger partial charge in [-0.2, -0.15) is 0 Å². The van der Waals surface area contributed by atoms with Crippen LogP contribution in [0.4, 0.5) is 13.6 Å². The molecule has 2 fully saturated rings. The summed E-state index contributed by atoms with van der Waals surface area (Å²) in [4.78, 5) is 15.1. The Morgan fingerprint density at radius 3 is 2.61 bits per heavy atom. The first-order valence-corrected chi connectivity index (χ1v) is 14.0. The second-order valence-electron chi connectivity index (χ2n) is 11.1. The number of urea groups is 1. The number of amides is 2. The number of carbonyl (C=O) groups is 1. The number of benzene rings is 1. The molecule has 1 saturated carbocycles. The predicted molar refractivity (Wildman–Crippen MR) is 142 cm³/mol. The molecule has 3 rings (SSSR count).